The van der Waals surface area contributed by atoms with E-state index in [0.717, 1.165) is 21.8 Å². The number of halogens is 7. The molecule has 0 aliphatic rings. The maximum Gasteiger partial charge on any atom is 0.573 e. The van der Waals surface area contributed by atoms with Gasteiger partial charge in [-0.05, 0) is 83.9 Å². The molecule has 4 aromatic rings. The molecule has 2 heterocycles. The van der Waals surface area contributed by atoms with E-state index < -0.39 is 12.7 Å². The number of hydrogen-bond donors (Lipinski definition) is 1. The second-order valence-corrected chi connectivity index (χ2v) is 9.03. The molecule has 0 fully saturated rings. The van der Waals surface area contributed by atoms with Crippen LogP contribution < -0.4 is 9.47 Å². The van der Waals surface area contributed by atoms with Gasteiger partial charge in [0.15, 0.2) is 0 Å². The van der Waals surface area contributed by atoms with E-state index in [9.17, 15) is 26.3 Å². The number of rotatable bonds is 6. The van der Waals surface area contributed by atoms with E-state index in [-0.39, 0.29) is 18.9 Å². The zero-order valence-corrected chi connectivity index (χ0v) is 22.3. The first kappa shape index (κ1) is 34.9. The Balaban J connectivity index is 0.000000326. The van der Waals surface area contributed by atoms with Gasteiger partial charge in [0, 0.05) is 46.2 Å². The van der Waals surface area contributed by atoms with Crippen LogP contribution in [0, 0.1) is 0 Å². The monoisotopic (exact) mass is 622 g/mol. The quantitative estimate of drug-likeness (QED) is 0.100. The lowest BCUT2D eigenvalue weighted by atomic mass is 10.3. The molecule has 4 nitrogen and oxygen atoms in total. The maximum atomic E-state index is 12.0. The van der Waals surface area contributed by atoms with Crippen LogP contribution in [0.1, 0.15) is 18.6 Å². The minimum Gasteiger partial charge on any atom is -0.406 e. The standard InChI is InChI=1S/C13H10F3NOS.C7H5F3OS.C6H6ClN.CH4/c14-13(15,16)18-11-1-3-12(4-2-11)19-9-10-5-7-17-8-6-10;8-7(9,10)11-5-1-3-6(12)4-2-5;7-5-6-1-3-8-4-2-6;/h1-8H,9H2;1-4,12H;1-4H,5H2;1H4. The van der Waals surface area contributed by atoms with Crippen molar-refractivity contribution in [3.63, 3.8) is 0 Å². The minimum absolute atomic E-state index is 0. The Bertz CT molecular complexity index is 1220. The van der Waals surface area contributed by atoms with E-state index in [1.165, 1.54) is 48.2 Å². The molecule has 0 amide bonds. The maximum absolute atomic E-state index is 12.0. The zero-order valence-electron chi connectivity index (χ0n) is 19.9. The van der Waals surface area contributed by atoms with Gasteiger partial charge in [-0.1, -0.05) is 7.43 Å². The fourth-order valence-corrected chi connectivity index (χ4v) is 3.68. The zero-order chi connectivity index (χ0) is 28.7. The highest BCUT2D eigenvalue weighted by atomic mass is 35.5. The lowest BCUT2D eigenvalue weighted by Crippen LogP contribution is -2.16. The van der Waals surface area contributed by atoms with Crippen LogP contribution in [-0.4, -0.2) is 22.7 Å². The van der Waals surface area contributed by atoms with Crippen LogP contribution in [0.2, 0.25) is 0 Å². The molecule has 0 atom stereocenters. The fourth-order valence-electron chi connectivity index (χ4n) is 2.50. The van der Waals surface area contributed by atoms with Crippen LogP contribution in [0.4, 0.5) is 26.3 Å². The van der Waals surface area contributed by atoms with Crippen LogP contribution in [0.5, 0.6) is 11.5 Å². The van der Waals surface area contributed by atoms with E-state index in [0.29, 0.717) is 10.8 Å². The molecule has 0 aliphatic heterocycles. The molecule has 4 rings (SSSR count). The Labute approximate surface area is 243 Å². The summed E-state index contributed by atoms with van der Waals surface area (Å²) in [7, 11) is 0. The molecule has 2 aromatic heterocycles. The highest BCUT2D eigenvalue weighted by molar-refractivity contribution is 7.98. The first-order valence-corrected chi connectivity index (χ1v) is 12.8. The van der Waals surface area contributed by atoms with Gasteiger partial charge < -0.3 is 9.47 Å². The fraction of sp³-hybridized carbons (Fsp3) is 0.185. The van der Waals surface area contributed by atoms with Crippen molar-refractivity contribution in [1.29, 1.82) is 0 Å². The smallest absolute Gasteiger partial charge is 0.406 e. The summed E-state index contributed by atoms with van der Waals surface area (Å²) in [6, 6.07) is 18.7. The number of aromatic nitrogens is 2. The number of thioether (sulfide) groups is 1. The molecule has 0 saturated carbocycles. The van der Waals surface area contributed by atoms with Gasteiger partial charge in [0.05, 0.1) is 0 Å². The molecular weight excluding hydrogens is 598 g/mol. The molecule has 0 bridgehead atoms. The molecule has 2 aromatic carbocycles. The molecule has 40 heavy (non-hydrogen) atoms. The lowest BCUT2D eigenvalue weighted by Gasteiger charge is -2.09. The van der Waals surface area contributed by atoms with Gasteiger partial charge in [-0.25, -0.2) is 0 Å². The van der Waals surface area contributed by atoms with Gasteiger partial charge in [-0.15, -0.1) is 62.3 Å². The molecule has 0 spiro atoms. The molecule has 13 heteroatoms. The van der Waals surface area contributed by atoms with E-state index in [1.807, 2.05) is 24.3 Å². The molecule has 0 unspecified atom stereocenters. The van der Waals surface area contributed by atoms with E-state index in [4.69, 9.17) is 11.6 Å². The number of benzene rings is 2. The number of hydrogen-bond acceptors (Lipinski definition) is 6. The number of pyridine rings is 2. The summed E-state index contributed by atoms with van der Waals surface area (Å²) in [5.74, 6) is 0.867. The lowest BCUT2D eigenvalue weighted by molar-refractivity contribution is -0.275. The van der Waals surface area contributed by atoms with Crippen molar-refractivity contribution in [2.75, 3.05) is 0 Å². The van der Waals surface area contributed by atoms with Crippen molar-refractivity contribution in [3.8, 4) is 11.5 Å². The average Bonchev–Trinajstić information content (AvgIpc) is 2.90. The average molecular weight is 623 g/mol. The number of alkyl halides is 7. The molecule has 0 aliphatic carbocycles. The summed E-state index contributed by atoms with van der Waals surface area (Å²) in [6.45, 7) is 0. The second kappa shape index (κ2) is 17.6. The SMILES string of the molecule is C.ClCc1ccncc1.FC(F)(F)Oc1ccc(S)cc1.FC(F)(F)Oc1ccc(SCc2ccncc2)cc1. The Morgan fingerprint density at radius 3 is 1.43 bits per heavy atom. The molecule has 0 saturated heterocycles. The van der Waals surface area contributed by atoms with Crippen LogP contribution >= 0.6 is 36.0 Å². The number of thiol groups is 1. The number of nitrogens with zero attached hydrogens (tertiary/aromatic N) is 2. The Morgan fingerprint density at radius 2 is 1.05 bits per heavy atom. The van der Waals surface area contributed by atoms with Gasteiger partial charge in [-0.3, -0.25) is 9.97 Å². The van der Waals surface area contributed by atoms with Crippen molar-refractivity contribution in [2.45, 2.75) is 41.6 Å². The Kier molecular flexibility index (Phi) is 15.3. The van der Waals surface area contributed by atoms with E-state index >= 15 is 0 Å². The van der Waals surface area contributed by atoms with Crippen molar-refractivity contribution in [1.82, 2.24) is 9.97 Å². The number of ether oxygens (including phenoxy) is 2. The third kappa shape index (κ3) is 16.1. The molecule has 0 radical (unpaired) electrons. The van der Waals surface area contributed by atoms with Gasteiger partial charge in [0.25, 0.3) is 0 Å². The van der Waals surface area contributed by atoms with E-state index in [1.54, 1.807) is 36.9 Å². The molecule has 0 N–H and O–H groups in total. The van der Waals surface area contributed by atoms with Crippen LogP contribution in [0.25, 0.3) is 0 Å². The topological polar surface area (TPSA) is 44.2 Å². The summed E-state index contributed by atoms with van der Waals surface area (Å²) in [6.07, 6.45) is -2.40. The minimum atomic E-state index is -4.65. The van der Waals surface area contributed by atoms with Crippen LogP contribution in [0.15, 0.2) is 107 Å². The van der Waals surface area contributed by atoms with Crippen molar-refractivity contribution in [3.05, 3.63) is 109 Å². The van der Waals surface area contributed by atoms with Crippen molar-refractivity contribution >= 4 is 36.0 Å². The second-order valence-electron chi connectivity index (χ2n) is 7.19. The molecular formula is C27H25ClF6N2O2S2. The largest absolute Gasteiger partial charge is 0.573 e. The Hall–Kier alpha value is -3.09. The first-order valence-electron chi connectivity index (χ1n) is 10.8. The first-order chi connectivity index (χ1) is 18.4. The van der Waals surface area contributed by atoms with Gasteiger partial charge in [0.2, 0.25) is 0 Å². The highest BCUT2D eigenvalue weighted by Gasteiger charge is 2.31. The predicted octanol–water partition coefficient (Wildman–Crippen LogP) is 9.60. The predicted molar refractivity (Wildman–Crippen MR) is 148 cm³/mol. The van der Waals surface area contributed by atoms with Crippen LogP contribution in [0.3, 0.4) is 0 Å². The normalized spacial score (nSPS) is 10.6. The van der Waals surface area contributed by atoms with Gasteiger partial charge >= 0.3 is 12.7 Å². The van der Waals surface area contributed by atoms with Crippen molar-refractivity contribution in [2.24, 2.45) is 0 Å². The third-order valence-corrected chi connectivity index (χ3v) is 5.88. The summed E-state index contributed by atoms with van der Waals surface area (Å²) in [5, 5.41) is 0. The van der Waals surface area contributed by atoms with E-state index in [2.05, 4.69) is 32.1 Å². The van der Waals surface area contributed by atoms with Gasteiger partial charge in [0.1, 0.15) is 11.5 Å². The summed E-state index contributed by atoms with van der Waals surface area (Å²) in [4.78, 5) is 9.22. The summed E-state index contributed by atoms with van der Waals surface area (Å²) in [5.41, 5.74) is 2.22. The van der Waals surface area contributed by atoms with Crippen molar-refractivity contribution < 1.29 is 35.8 Å². The highest BCUT2D eigenvalue weighted by Crippen LogP contribution is 2.27. The molecule has 216 valence electrons. The third-order valence-electron chi connectivity index (χ3n) is 4.19. The summed E-state index contributed by atoms with van der Waals surface area (Å²) < 4.78 is 78.2. The van der Waals surface area contributed by atoms with Crippen LogP contribution in [-0.2, 0) is 11.6 Å². The Morgan fingerprint density at radius 1 is 0.650 bits per heavy atom. The van der Waals surface area contributed by atoms with Gasteiger partial charge in [-0.2, -0.15) is 0 Å². The summed E-state index contributed by atoms with van der Waals surface area (Å²) >= 11 is 10.9.